The van der Waals surface area contributed by atoms with Gasteiger partial charge in [0.25, 0.3) is 0 Å². The van der Waals surface area contributed by atoms with Crippen molar-refractivity contribution in [3.8, 4) is 0 Å². The van der Waals surface area contributed by atoms with Crippen LogP contribution in [0.2, 0.25) is 0 Å². The van der Waals surface area contributed by atoms with Crippen LogP contribution in [0.3, 0.4) is 0 Å². The molecular formula is C28H31FN4O5. The van der Waals surface area contributed by atoms with Gasteiger partial charge in [-0.25, -0.2) is 14.0 Å². The van der Waals surface area contributed by atoms with Crippen LogP contribution in [0.1, 0.15) is 34.6 Å². The van der Waals surface area contributed by atoms with Gasteiger partial charge in [-0.2, -0.15) is 0 Å². The maximum absolute atomic E-state index is 14.1. The van der Waals surface area contributed by atoms with Crippen molar-refractivity contribution in [2.24, 2.45) is 0 Å². The van der Waals surface area contributed by atoms with Crippen molar-refractivity contribution in [2.75, 3.05) is 45.3 Å². The van der Waals surface area contributed by atoms with E-state index in [0.29, 0.717) is 29.9 Å². The highest BCUT2D eigenvalue weighted by Gasteiger charge is 2.33. The van der Waals surface area contributed by atoms with Crippen molar-refractivity contribution < 1.29 is 28.2 Å². The average Bonchev–Trinajstić information content (AvgIpc) is 3.40. The van der Waals surface area contributed by atoms with E-state index in [1.54, 1.807) is 48.2 Å². The molecule has 38 heavy (non-hydrogen) atoms. The minimum absolute atomic E-state index is 0.184. The number of nitrogens with one attached hydrogen (secondary N) is 1. The standard InChI is InChI=1S/C28H31FN4O5/c1-3-38-27(35)20-9-11-23(12-10-20)30-28(36)32(16-17-37-2)19-25(34)33-15-14-31-13-5-8-24(31)26(33)21-6-4-7-22(29)18-21/h4-13,18,26H,3,14-17,19H2,1-2H3,(H,30,36). The van der Waals surface area contributed by atoms with E-state index in [1.807, 2.05) is 18.3 Å². The fraction of sp³-hybridized carbons (Fsp3) is 0.321. The summed E-state index contributed by atoms with van der Waals surface area (Å²) >= 11 is 0. The molecule has 9 nitrogen and oxygen atoms in total. The first-order chi connectivity index (χ1) is 18.4. The van der Waals surface area contributed by atoms with Crippen molar-refractivity contribution in [3.05, 3.63) is 89.5 Å². The van der Waals surface area contributed by atoms with Crippen molar-refractivity contribution in [3.63, 3.8) is 0 Å². The first-order valence-electron chi connectivity index (χ1n) is 12.4. The number of aromatic nitrogens is 1. The number of methoxy groups -OCH3 is 1. The molecule has 3 amide bonds. The lowest BCUT2D eigenvalue weighted by atomic mass is 9.99. The zero-order valence-corrected chi connectivity index (χ0v) is 21.4. The Morgan fingerprint density at radius 2 is 1.87 bits per heavy atom. The van der Waals surface area contributed by atoms with Gasteiger partial charge >= 0.3 is 12.0 Å². The highest BCUT2D eigenvalue weighted by atomic mass is 19.1. The number of carbonyl (C=O) groups excluding carboxylic acids is 3. The monoisotopic (exact) mass is 522 g/mol. The number of nitrogens with zero attached hydrogens (tertiary/aromatic N) is 3. The average molecular weight is 523 g/mol. The van der Waals surface area contributed by atoms with Crippen LogP contribution in [0.5, 0.6) is 0 Å². The van der Waals surface area contributed by atoms with Crippen LogP contribution in [0.15, 0.2) is 66.9 Å². The van der Waals surface area contributed by atoms with Crippen LogP contribution in [0, 0.1) is 5.82 Å². The molecule has 0 bridgehead atoms. The Bertz CT molecular complexity index is 1280. The van der Waals surface area contributed by atoms with E-state index in [2.05, 4.69) is 9.88 Å². The van der Waals surface area contributed by atoms with E-state index in [4.69, 9.17) is 9.47 Å². The molecule has 0 radical (unpaired) electrons. The normalized spacial score (nSPS) is 14.5. The summed E-state index contributed by atoms with van der Waals surface area (Å²) in [5.41, 5.74) is 2.37. The molecule has 1 aliphatic heterocycles. The molecule has 1 N–H and O–H groups in total. The molecule has 1 aromatic heterocycles. The molecule has 1 unspecified atom stereocenters. The Balaban J connectivity index is 1.51. The molecule has 2 heterocycles. The number of amides is 3. The number of carbonyl (C=O) groups is 3. The lowest BCUT2D eigenvalue weighted by Gasteiger charge is -2.38. The van der Waals surface area contributed by atoms with E-state index >= 15 is 0 Å². The number of fused-ring (bicyclic) bond motifs is 1. The maximum atomic E-state index is 14.1. The topological polar surface area (TPSA) is 93.1 Å². The summed E-state index contributed by atoms with van der Waals surface area (Å²) in [4.78, 5) is 41.7. The Kier molecular flexibility index (Phi) is 8.75. The molecule has 0 saturated heterocycles. The molecule has 2 aromatic carbocycles. The summed E-state index contributed by atoms with van der Waals surface area (Å²) in [7, 11) is 1.52. The van der Waals surface area contributed by atoms with Gasteiger partial charge in [-0.3, -0.25) is 4.79 Å². The SMILES string of the molecule is CCOC(=O)c1ccc(NC(=O)N(CCOC)CC(=O)N2CCn3cccc3C2c2cccc(F)c2)cc1. The summed E-state index contributed by atoms with van der Waals surface area (Å²) in [5, 5.41) is 2.77. The largest absolute Gasteiger partial charge is 0.462 e. The van der Waals surface area contributed by atoms with Crippen molar-refractivity contribution in [1.82, 2.24) is 14.4 Å². The van der Waals surface area contributed by atoms with Gasteiger partial charge in [0.15, 0.2) is 0 Å². The van der Waals surface area contributed by atoms with Gasteiger partial charge in [-0.1, -0.05) is 12.1 Å². The highest BCUT2D eigenvalue weighted by molar-refractivity contribution is 5.94. The van der Waals surface area contributed by atoms with Crippen molar-refractivity contribution >= 4 is 23.6 Å². The second kappa shape index (κ2) is 12.4. The van der Waals surface area contributed by atoms with E-state index in [-0.39, 0.29) is 38.0 Å². The maximum Gasteiger partial charge on any atom is 0.338 e. The van der Waals surface area contributed by atoms with Crippen LogP contribution < -0.4 is 5.32 Å². The number of esters is 1. The van der Waals surface area contributed by atoms with Crippen LogP contribution in [-0.2, 0) is 20.8 Å². The quantitative estimate of drug-likeness (QED) is 0.430. The first kappa shape index (κ1) is 26.9. The lowest BCUT2D eigenvalue weighted by Crippen LogP contribution is -2.49. The minimum Gasteiger partial charge on any atom is -0.462 e. The van der Waals surface area contributed by atoms with Gasteiger partial charge in [-0.05, 0) is 61.0 Å². The molecule has 0 aliphatic carbocycles. The Hall–Kier alpha value is -4.18. The minimum atomic E-state index is -0.484. The van der Waals surface area contributed by atoms with Gasteiger partial charge in [0.1, 0.15) is 12.4 Å². The van der Waals surface area contributed by atoms with Crippen molar-refractivity contribution in [1.29, 1.82) is 0 Å². The molecule has 1 atom stereocenters. The predicted molar refractivity (Wildman–Crippen MR) is 139 cm³/mol. The Labute approximate surface area is 220 Å². The summed E-state index contributed by atoms with van der Waals surface area (Å²) < 4.78 is 26.3. The van der Waals surface area contributed by atoms with E-state index in [1.165, 1.54) is 24.1 Å². The Morgan fingerprint density at radius 1 is 1.08 bits per heavy atom. The zero-order chi connectivity index (χ0) is 27.1. The van der Waals surface area contributed by atoms with E-state index < -0.39 is 18.0 Å². The molecule has 1 aliphatic rings. The van der Waals surface area contributed by atoms with Crippen molar-refractivity contribution in [2.45, 2.75) is 19.5 Å². The second-order valence-electron chi connectivity index (χ2n) is 8.81. The number of benzene rings is 2. The number of anilines is 1. The third kappa shape index (κ3) is 6.20. The highest BCUT2D eigenvalue weighted by Crippen LogP contribution is 2.33. The summed E-state index contributed by atoms with van der Waals surface area (Å²) in [5.74, 6) is -1.09. The van der Waals surface area contributed by atoms with Gasteiger partial charge in [0, 0.05) is 44.3 Å². The number of hydrogen-bond acceptors (Lipinski definition) is 5. The van der Waals surface area contributed by atoms with Crippen LogP contribution in [-0.4, -0.2) is 72.2 Å². The molecular weight excluding hydrogens is 491 g/mol. The second-order valence-corrected chi connectivity index (χ2v) is 8.81. The number of hydrogen-bond donors (Lipinski definition) is 1. The number of urea groups is 1. The van der Waals surface area contributed by atoms with Gasteiger partial charge in [-0.15, -0.1) is 0 Å². The third-order valence-corrected chi connectivity index (χ3v) is 6.35. The molecule has 0 fully saturated rings. The number of rotatable bonds is 9. The lowest BCUT2D eigenvalue weighted by molar-refractivity contribution is -0.134. The first-order valence-corrected chi connectivity index (χ1v) is 12.4. The van der Waals surface area contributed by atoms with E-state index in [0.717, 1.165) is 5.69 Å². The molecule has 3 aromatic rings. The number of halogens is 1. The van der Waals surface area contributed by atoms with Crippen LogP contribution in [0.25, 0.3) is 0 Å². The smallest absolute Gasteiger partial charge is 0.338 e. The summed E-state index contributed by atoms with van der Waals surface area (Å²) in [6.07, 6.45) is 1.94. The van der Waals surface area contributed by atoms with Gasteiger partial charge < -0.3 is 29.2 Å². The van der Waals surface area contributed by atoms with E-state index in [9.17, 15) is 18.8 Å². The van der Waals surface area contributed by atoms with Crippen LogP contribution in [0.4, 0.5) is 14.9 Å². The molecule has 4 rings (SSSR count). The number of ether oxygens (including phenoxy) is 2. The molecule has 0 spiro atoms. The van der Waals surface area contributed by atoms with Gasteiger partial charge in [0.05, 0.1) is 24.8 Å². The van der Waals surface area contributed by atoms with Gasteiger partial charge in [0.2, 0.25) is 5.91 Å². The third-order valence-electron chi connectivity index (χ3n) is 6.35. The molecule has 10 heteroatoms. The zero-order valence-electron chi connectivity index (χ0n) is 21.4. The summed E-state index contributed by atoms with van der Waals surface area (Å²) in [6.45, 7) is 3.23. The fourth-order valence-electron chi connectivity index (χ4n) is 4.49. The summed E-state index contributed by atoms with van der Waals surface area (Å²) in [6, 6.07) is 15.4. The Morgan fingerprint density at radius 3 is 2.58 bits per heavy atom. The van der Waals surface area contributed by atoms with Crippen LogP contribution >= 0.6 is 0 Å². The molecule has 0 saturated carbocycles. The fourth-order valence-corrected chi connectivity index (χ4v) is 4.49. The molecule has 200 valence electrons. The predicted octanol–water partition coefficient (Wildman–Crippen LogP) is 3.92.